The predicted octanol–water partition coefficient (Wildman–Crippen LogP) is 0.357. The summed E-state index contributed by atoms with van der Waals surface area (Å²) < 4.78 is 36.9. The standard InChI is InChI=1S/C14H30O7/c1-15-6-12(17-3)8-20-10-14(19-5)11-21-9-13(18-4)7-16-2/h12-14H,6-11H2,1-5H3. The molecule has 0 radical (unpaired) electrons. The maximum absolute atomic E-state index is 5.56. The molecule has 128 valence electrons. The van der Waals surface area contributed by atoms with Crippen LogP contribution < -0.4 is 0 Å². The summed E-state index contributed by atoms with van der Waals surface area (Å²) in [6, 6.07) is 0. The first kappa shape index (κ1) is 20.7. The van der Waals surface area contributed by atoms with Crippen LogP contribution >= 0.6 is 0 Å². The Morgan fingerprint density at radius 3 is 1.00 bits per heavy atom. The largest absolute Gasteiger partial charge is 0.382 e. The second kappa shape index (κ2) is 14.6. The van der Waals surface area contributed by atoms with E-state index < -0.39 is 0 Å². The fourth-order valence-corrected chi connectivity index (χ4v) is 1.59. The monoisotopic (exact) mass is 310 g/mol. The first-order chi connectivity index (χ1) is 10.2. The second-order valence-electron chi connectivity index (χ2n) is 4.56. The van der Waals surface area contributed by atoms with E-state index in [1.165, 1.54) is 0 Å². The van der Waals surface area contributed by atoms with Gasteiger partial charge in [-0.25, -0.2) is 0 Å². The molecule has 0 saturated carbocycles. The third kappa shape index (κ3) is 11.0. The third-order valence-electron chi connectivity index (χ3n) is 2.92. The maximum atomic E-state index is 5.56. The van der Waals surface area contributed by atoms with Gasteiger partial charge in [0.25, 0.3) is 0 Å². The molecule has 0 saturated heterocycles. The van der Waals surface area contributed by atoms with E-state index in [9.17, 15) is 0 Å². The number of hydrogen-bond donors (Lipinski definition) is 0. The zero-order valence-electron chi connectivity index (χ0n) is 13.8. The van der Waals surface area contributed by atoms with Gasteiger partial charge in [-0.1, -0.05) is 0 Å². The van der Waals surface area contributed by atoms with Crippen molar-refractivity contribution < 1.29 is 33.2 Å². The number of rotatable bonds is 15. The molecule has 2 atom stereocenters. The number of ether oxygens (including phenoxy) is 7. The minimum absolute atomic E-state index is 0.0759. The van der Waals surface area contributed by atoms with Crippen LogP contribution in [0.2, 0.25) is 0 Å². The highest BCUT2D eigenvalue weighted by molar-refractivity contribution is 4.60. The van der Waals surface area contributed by atoms with Crippen molar-refractivity contribution in [1.29, 1.82) is 0 Å². The van der Waals surface area contributed by atoms with Crippen molar-refractivity contribution in [3.63, 3.8) is 0 Å². The van der Waals surface area contributed by atoms with E-state index in [4.69, 9.17) is 33.2 Å². The highest BCUT2D eigenvalue weighted by atomic mass is 16.6. The fraction of sp³-hybridized carbons (Fsp3) is 1.00. The molecule has 0 fully saturated rings. The van der Waals surface area contributed by atoms with E-state index in [0.29, 0.717) is 39.6 Å². The molecule has 0 N–H and O–H groups in total. The van der Waals surface area contributed by atoms with Crippen molar-refractivity contribution >= 4 is 0 Å². The molecule has 0 aliphatic rings. The van der Waals surface area contributed by atoms with E-state index in [1.807, 2.05) is 0 Å². The van der Waals surface area contributed by atoms with E-state index >= 15 is 0 Å². The molecule has 0 amide bonds. The summed E-state index contributed by atoms with van der Waals surface area (Å²) in [6.45, 7) is 2.77. The summed E-state index contributed by atoms with van der Waals surface area (Å²) in [6.07, 6.45) is -0.286. The molecule has 0 spiro atoms. The van der Waals surface area contributed by atoms with Crippen LogP contribution in [0.15, 0.2) is 0 Å². The zero-order chi connectivity index (χ0) is 15.9. The van der Waals surface area contributed by atoms with E-state index in [-0.39, 0.29) is 18.3 Å². The van der Waals surface area contributed by atoms with Gasteiger partial charge in [-0.05, 0) is 0 Å². The van der Waals surface area contributed by atoms with E-state index in [1.54, 1.807) is 35.5 Å². The van der Waals surface area contributed by atoms with Gasteiger partial charge in [0.05, 0.1) is 39.6 Å². The van der Waals surface area contributed by atoms with Gasteiger partial charge in [-0.3, -0.25) is 0 Å². The van der Waals surface area contributed by atoms with E-state index in [2.05, 4.69) is 0 Å². The van der Waals surface area contributed by atoms with Crippen molar-refractivity contribution in [2.75, 3.05) is 75.2 Å². The SMILES string of the molecule is COCC(COCC(COCC(COC)OC)OC)OC. The van der Waals surface area contributed by atoms with Crippen LogP contribution in [0.25, 0.3) is 0 Å². The van der Waals surface area contributed by atoms with Crippen LogP contribution in [0.5, 0.6) is 0 Å². The summed E-state index contributed by atoms with van der Waals surface area (Å²) in [5.74, 6) is 0. The van der Waals surface area contributed by atoms with Crippen molar-refractivity contribution in [3.8, 4) is 0 Å². The molecule has 0 aliphatic heterocycles. The molecular weight excluding hydrogens is 280 g/mol. The molecule has 0 heterocycles. The average Bonchev–Trinajstić information content (AvgIpc) is 2.51. The Labute approximate surface area is 127 Å². The highest BCUT2D eigenvalue weighted by Crippen LogP contribution is 1.99. The Balaban J connectivity index is 3.79. The first-order valence-corrected chi connectivity index (χ1v) is 6.93. The lowest BCUT2D eigenvalue weighted by molar-refractivity contribution is -0.0879. The van der Waals surface area contributed by atoms with Crippen molar-refractivity contribution in [2.45, 2.75) is 18.3 Å². The van der Waals surface area contributed by atoms with Gasteiger partial charge in [0.15, 0.2) is 0 Å². The van der Waals surface area contributed by atoms with E-state index in [0.717, 1.165) is 0 Å². The fourth-order valence-electron chi connectivity index (χ4n) is 1.59. The molecule has 0 aromatic rings. The molecule has 0 aromatic heterocycles. The number of methoxy groups -OCH3 is 5. The molecule has 7 heteroatoms. The summed E-state index contributed by atoms with van der Waals surface area (Å²) in [4.78, 5) is 0. The topological polar surface area (TPSA) is 64.6 Å². The molecule has 21 heavy (non-hydrogen) atoms. The normalized spacial score (nSPS) is 15.9. The zero-order valence-corrected chi connectivity index (χ0v) is 13.8. The lowest BCUT2D eigenvalue weighted by Gasteiger charge is -2.20. The Morgan fingerprint density at radius 2 is 0.762 bits per heavy atom. The third-order valence-corrected chi connectivity index (χ3v) is 2.92. The second-order valence-corrected chi connectivity index (χ2v) is 4.56. The molecule has 0 rings (SSSR count). The molecule has 0 aliphatic carbocycles. The van der Waals surface area contributed by atoms with Crippen LogP contribution in [0.3, 0.4) is 0 Å². The lowest BCUT2D eigenvalue weighted by Crippen LogP contribution is -2.31. The lowest BCUT2D eigenvalue weighted by atomic mass is 10.3. The summed E-state index contributed by atoms with van der Waals surface area (Å²) >= 11 is 0. The molecular formula is C14H30O7. The Bertz CT molecular complexity index is 195. The number of hydrogen-bond acceptors (Lipinski definition) is 7. The predicted molar refractivity (Wildman–Crippen MR) is 77.8 cm³/mol. The minimum atomic E-state index is -0.134. The Hall–Kier alpha value is -0.280. The summed E-state index contributed by atoms with van der Waals surface area (Å²) in [5, 5.41) is 0. The van der Waals surface area contributed by atoms with Gasteiger partial charge in [-0.15, -0.1) is 0 Å². The van der Waals surface area contributed by atoms with Crippen molar-refractivity contribution in [1.82, 2.24) is 0 Å². The van der Waals surface area contributed by atoms with Crippen LogP contribution in [0, 0.1) is 0 Å². The van der Waals surface area contributed by atoms with Crippen molar-refractivity contribution in [2.24, 2.45) is 0 Å². The van der Waals surface area contributed by atoms with Crippen LogP contribution in [0.4, 0.5) is 0 Å². The van der Waals surface area contributed by atoms with Gasteiger partial charge >= 0.3 is 0 Å². The average molecular weight is 310 g/mol. The quantitative estimate of drug-likeness (QED) is 0.432. The molecule has 7 nitrogen and oxygen atoms in total. The Morgan fingerprint density at radius 1 is 0.476 bits per heavy atom. The molecule has 0 bridgehead atoms. The highest BCUT2D eigenvalue weighted by Gasteiger charge is 2.13. The Kier molecular flexibility index (Phi) is 14.5. The smallest absolute Gasteiger partial charge is 0.104 e. The van der Waals surface area contributed by atoms with Crippen LogP contribution in [-0.4, -0.2) is 93.5 Å². The summed E-state index contributed by atoms with van der Waals surface area (Å²) in [5.41, 5.74) is 0. The van der Waals surface area contributed by atoms with Crippen LogP contribution in [-0.2, 0) is 33.2 Å². The maximum Gasteiger partial charge on any atom is 0.104 e. The van der Waals surface area contributed by atoms with Gasteiger partial charge < -0.3 is 33.2 Å². The van der Waals surface area contributed by atoms with Gasteiger partial charge in [0.1, 0.15) is 18.3 Å². The summed E-state index contributed by atoms with van der Waals surface area (Å²) in [7, 11) is 8.15. The molecule has 2 unspecified atom stereocenters. The first-order valence-electron chi connectivity index (χ1n) is 6.93. The minimum Gasteiger partial charge on any atom is -0.382 e. The van der Waals surface area contributed by atoms with Gasteiger partial charge in [-0.2, -0.15) is 0 Å². The van der Waals surface area contributed by atoms with Crippen LogP contribution in [0.1, 0.15) is 0 Å². The van der Waals surface area contributed by atoms with Gasteiger partial charge in [0, 0.05) is 35.5 Å². The van der Waals surface area contributed by atoms with Gasteiger partial charge in [0.2, 0.25) is 0 Å². The molecule has 0 aromatic carbocycles. The van der Waals surface area contributed by atoms with Crippen molar-refractivity contribution in [3.05, 3.63) is 0 Å².